The van der Waals surface area contributed by atoms with Crippen LogP contribution in [-0.2, 0) is 4.79 Å². The standard InChI is InChI=1S/C8H17NO.C2H6/c1-4-5-9-8(10)6-7(2)3;1-2/h7H,4-6H2,1-3H3,(H,9,10);1-2H3. The van der Waals surface area contributed by atoms with Crippen LogP contribution in [0.5, 0.6) is 0 Å². The Kier molecular flexibility index (Phi) is 12.2. The van der Waals surface area contributed by atoms with Gasteiger partial charge in [0.1, 0.15) is 0 Å². The van der Waals surface area contributed by atoms with Gasteiger partial charge in [-0.3, -0.25) is 4.79 Å². The molecule has 1 N–H and O–H groups in total. The monoisotopic (exact) mass is 173 g/mol. The van der Waals surface area contributed by atoms with Crippen LogP contribution in [0.3, 0.4) is 0 Å². The Bertz CT molecular complexity index is 100. The van der Waals surface area contributed by atoms with Crippen LogP contribution in [-0.4, -0.2) is 12.5 Å². The van der Waals surface area contributed by atoms with Gasteiger partial charge in [-0.25, -0.2) is 0 Å². The van der Waals surface area contributed by atoms with Crippen LogP contribution in [0.4, 0.5) is 0 Å². The second-order valence-corrected chi connectivity index (χ2v) is 2.95. The second-order valence-electron chi connectivity index (χ2n) is 2.95. The van der Waals surface area contributed by atoms with E-state index in [-0.39, 0.29) is 5.91 Å². The summed E-state index contributed by atoms with van der Waals surface area (Å²) in [4.78, 5) is 10.9. The Morgan fingerprint density at radius 2 is 1.83 bits per heavy atom. The van der Waals surface area contributed by atoms with Crippen LogP contribution in [0.25, 0.3) is 0 Å². The Morgan fingerprint density at radius 1 is 1.33 bits per heavy atom. The molecule has 0 spiro atoms. The van der Waals surface area contributed by atoms with E-state index in [1.165, 1.54) is 0 Å². The van der Waals surface area contributed by atoms with Crippen LogP contribution < -0.4 is 5.32 Å². The van der Waals surface area contributed by atoms with E-state index in [2.05, 4.69) is 12.2 Å². The van der Waals surface area contributed by atoms with E-state index < -0.39 is 0 Å². The van der Waals surface area contributed by atoms with Gasteiger partial charge in [-0.15, -0.1) is 0 Å². The highest BCUT2D eigenvalue weighted by molar-refractivity contribution is 5.75. The molecule has 0 aromatic carbocycles. The minimum atomic E-state index is 0.178. The van der Waals surface area contributed by atoms with Crippen molar-refractivity contribution in [3.8, 4) is 0 Å². The van der Waals surface area contributed by atoms with Crippen LogP contribution in [0, 0.1) is 5.92 Å². The molecule has 0 atom stereocenters. The van der Waals surface area contributed by atoms with E-state index in [4.69, 9.17) is 0 Å². The summed E-state index contributed by atoms with van der Waals surface area (Å²) in [5.41, 5.74) is 0. The first-order chi connectivity index (χ1) is 5.66. The fourth-order valence-electron chi connectivity index (χ4n) is 0.707. The molecule has 0 aromatic heterocycles. The van der Waals surface area contributed by atoms with Crippen molar-refractivity contribution in [2.24, 2.45) is 5.92 Å². The van der Waals surface area contributed by atoms with Gasteiger partial charge in [0.05, 0.1) is 0 Å². The minimum Gasteiger partial charge on any atom is -0.356 e. The van der Waals surface area contributed by atoms with Crippen molar-refractivity contribution >= 4 is 5.91 Å². The number of hydrogen-bond donors (Lipinski definition) is 1. The van der Waals surface area contributed by atoms with Gasteiger partial charge in [0.2, 0.25) is 5.91 Å². The van der Waals surface area contributed by atoms with Crippen LogP contribution >= 0.6 is 0 Å². The quantitative estimate of drug-likeness (QED) is 0.695. The molecule has 0 aliphatic rings. The van der Waals surface area contributed by atoms with Gasteiger partial charge in [-0.2, -0.15) is 0 Å². The summed E-state index contributed by atoms with van der Waals surface area (Å²) in [6, 6.07) is 0. The summed E-state index contributed by atoms with van der Waals surface area (Å²) in [5.74, 6) is 0.647. The highest BCUT2D eigenvalue weighted by Crippen LogP contribution is 1.97. The van der Waals surface area contributed by atoms with Crippen molar-refractivity contribution in [1.29, 1.82) is 0 Å². The predicted octanol–water partition coefficient (Wildman–Crippen LogP) is 2.58. The van der Waals surface area contributed by atoms with Crippen molar-refractivity contribution in [2.45, 2.75) is 47.5 Å². The van der Waals surface area contributed by atoms with Crippen LogP contribution in [0.2, 0.25) is 0 Å². The number of carbonyl (C=O) groups is 1. The first-order valence-electron chi connectivity index (χ1n) is 4.93. The van der Waals surface area contributed by atoms with E-state index in [1.54, 1.807) is 0 Å². The molecule has 0 saturated heterocycles. The van der Waals surface area contributed by atoms with Crippen molar-refractivity contribution in [3.05, 3.63) is 0 Å². The highest BCUT2D eigenvalue weighted by Gasteiger charge is 2.01. The van der Waals surface area contributed by atoms with Crippen molar-refractivity contribution in [1.82, 2.24) is 5.32 Å². The number of nitrogens with one attached hydrogen (secondary N) is 1. The SMILES string of the molecule is CC.CCCNC(=O)CC(C)C. The van der Waals surface area contributed by atoms with Crippen LogP contribution in [0.1, 0.15) is 47.5 Å². The fraction of sp³-hybridized carbons (Fsp3) is 0.900. The molecule has 0 saturated carbocycles. The Balaban J connectivity index is 0. The van der Waals surface area contributed by atoms with Crippen molar-refractivity contribution in [2.75, 3.05) is 6.54 Å². The summed E-state index contributed by atoms with van der Waals surface area (Å²) in [5, 5.41) is 2.82. The lowest BCUT2D eigenvalue weighted by Crippen LogP contribution is -2.24. The zero-order valence-corrected chi connectivity index (χ0v) is 9.11. The maximum atomic E-state index is 10.9. The number of carbonyl (C=O) groups excluding carboxylic acids is 1. The average Bonchev–Trinajstić information content (AvgIpc) is 2.03. The molecule has 0 rings (SSSR count). The van der Waals surface area contributed by atoms with Crippen molar-refractivity contribution < 1.29 is 4.79 Å². The van der Waals surface area contributed by atoms with Gasteiger partial charge >= 0.3 is 0 Å². The molecule has 74 valence electrons. The number of rotatable bonds is 4. The molecule has 0 aliphatic heterocycles. The Labute approximate surface area is 76.7 Å². The lowest BCUT2D eigenvalue weighted by atomic mass is 10.1. The topological polar surface area (TPSA) is 29.1 Å². The van der Waals surface area contributed by atoms with E-state index in [1.807, 2.05) is 27.7 Å². The number of hydrogen-bond acceptors (Lipinski definition) is 1. The molecule has 2 nitrogen and oxygen atoms in total. The summed E-state index contributed by atoms with van der Waals surface area (Å²) < 4.78 is 0. The molecule has 0 aromatic rings. The Morgan fingerprint density at radius 3 is 2.17 bits per heavy atom. The molecule has 0 radical (unpaired) electrons. The predicted molar refractivity (Wildman–Crippen MR) is 54.1 cm³/mol. The zero-order valence-electron chi connectivity index (χ0n) is 9.11. The summed E-state index contributed by atoms with van der Waals surface area (Å²) in [7, 11) is 0. The van der Waals surface area contributed by atoms with E-state index >= 15 is 0 Å². The van der Waals surface area contributed by atoms with Crippen molar-refractivity contribution in [3.63, 3.8) is 0 Å². The van der Waals surface area contributed by atoms with Gasteiger partial charge in [0, 0.05) is 13.0 Å². The maximum absolute atomic E-state index is 10.9. The molecule has 0 bridgehead atoms. The molecular weight excluding hydrogens is 150 g/mol. The van der Waals surface area contributed by atoms with E-state index in [0.717, 1.165) is 13.0 Å². The van der Waals surface area contributed by atoms with Gasteiger partial charge in [-0.1, -0.05) is 34.6 Å². The van der Waals surface area contributed by atoms with Gasteiger partial charge in [0.25, 0.3) is 0 Å². The summed E-state index contributed by atoms with van der Waals surface area (Å²) >= 11 is 0. The zero-order chi connectivity index (χ0) is 9.98. The molecule has 0 unspecified atom stereocenters. The minimum absolute atomic E-state index is 0.178. The van der Waals surface area contributed by atoms with Gasteiger partial charge in [-0.05, 0) is 12.3 Å². The van der Waals surface area contributed by atoms with Gasteiger partial charge < -0.3 is 5.32 Å². The average molecular weight is 173 g/mol. The largest absolute Gasteiger partial charge is 0.356 e. The first-order valence-corrected chi connectivity index (χ1v) is 4.93. The smallest absolute Gasteiger partial charge is 0.220 e. The lowest BCUT2D eigenvalue weighted by molar-refractivity contribution is -0.121. The highest BCUT2D eigenvalue weighted by atomic mass is 16.1. The molecule has 0 heterocycles. The maximum Gasteiger partial charge on any atom is 0.220 e. The second kappa shape index (κ2) is 10.5. The van der Waals surface area contributed by atoms with Crippen LogP contribution in [0.15, 0.2) is 0 Å². The third-order valence-corrected chi connectivity index (χ3v) is 1.17. The molecule has 0 fully saturated rings. The Hall–Kier alpha value is -0.530. The molecule has 12 heavy (non-hydrogen) atoms. The molecule has 1 amide bonds. The normalized spacial score (nSPS) is 8.83. The third kappa shape index (κ3) is 12.2. The molecule has 2 heteroatoms. The first kappa shape index (κ1) is 14.0. The van der Waals surface area contributed by atoms with E-state index in [9.17, 15) is 4.79 Å². The number of amides is 1. The van der Waals surface area contributed by atoms with Gasteiger partial charge in [0.15, 0.2) is 0 Å². The lowest BCUT2D eigenvalue weighted by Gasteiger charge is -2.04. The van der Waals surface area contributed by atoms with E-state index in [0.29, 0.717) is 12.3 Å². The third-order valence-electron chi connectivity index (χ3n) is 1.17. The summed E-state index contributed by atoms with van der Waals surface area (Å²) in [6.07, 6.45) is 1.67. The molecule has 0 aliphatic carbocycles. The molecular formula is C10H23NO. The fourth-order valence-corrected chi connectivity index (χ4v) is 0.707. The summed E-state index contributed by atoms with van der Waals surface area (Å²) in [6.45, 7) is 11.0.